The van der Waals surface area contributed by atoms with E-state index in [0.29, 0.717) is 12.6 Å². The zero-order valence-electron chi connectivity index (χ0n) is 12.9. The monoisotopic (exact) mass is 332 g/mol. The number of aromatic nitrogens is 1. The highest BCUT2D eigenvalue weighted by molar-refractivity contribution is 7.60. The fourth-order valence-corrected chi connectivity index (χ4v) is 3.50. The Bertz CT molecular complexity index is 715. The van der Waals surface area contributed by atoms with Crippen LogP contribution in [-0.4, -0.2) is 20.8 Å². The largest absolute Gasteiger partial charge is 0.374 e. The van der Waals surface area contributed by atoms with Crippen molar-refractivity contribution in [2.75, 3.05) is 0 Å². The van der Waals surface area contributed by atoms with Crippen LogP contribution in [0.2, 0.25) is 0 Å². The number of pyridine rings is 1. The Balaban J connectivity index is 1.60. The molecule has 0 bridgehead atoms. The van der Waals surface area contributed by atoms with E-state index in [4.69, 9.17) is 0 Å². The van der Waals surface area contributed by atoms with Crippen molar-refractivity contribution >= 4 is 13.0 Å². The Morgan fingerprint density at radius 2 is 1.96 bits per heavy atom. The number of hydrogen-bond acceptors (Lipinski definition) is 3. The fraction of sp³-hybridized carbons (Fsp3) is 0.353. The summed E-state index contributed by atoms with van der Waals surface area (Å²) in [6.45, 7) is 0.708. The normalized spacial score (nSPS) is 17.7. The molecular formula is C17H21N2O3P. The highest BCUT2D eigenvalue weighted by Crippen LogP contribution is 2.32. The first-order valence-electron chi connectivity index (χ1n) is 7.84. The molecule has 0 spiro atoms. The van der Waals surface area contributed by atoms with E-state index in [1.807, 2.05) is 6.07 Å². The molecule has 2 heterocycles. The van der Waals surface area contributed by atoms with Crippen molar-refractivity contribution < 1.29 is 14.4 Å². The minimum Gasteiger partial charge on any atom is -0.320 e. The zero-order valence-corrected chi connectivity index (χ0v) is 13.7. The topological polar surface area (TPSA) is 82.5 Å². The lowest BCUT2D eigenvalue weighted by molar-refractivity contribution is 0.385. The Morgan fingerprint density at radius 1 is 1.17 bits per heavy atom. The second-order valence-electron chi connectivity index (χ2n) is 5.98. The smallest absolute Gasteiger partial charge is 0.320 e. The molecule has 3 rings (SSSR count). The van der Waals surface area contributed by atoms with Gasteiger partial charge >= 0.3 is 7.60 Å². The number of benzene rings is 1. The maximum absolute atomic E-state index is 11.3. The van der Waals surface area contributed by atoms with Gasteiger partial charge in [-0.05, 0) is 36.5 Å². The summed E-state index contributed by atoms with van der Waals surface area (Å²) in [6, 6.07) is 13.9. The first kappa shape index (κ1) is 16.3. The van der Waals surface area contributed by atoms with E-state index in [9.17, 15) is 14.4 Å². The molecule has 122 valence electrons. The highest BCUT2D eigenvalue weighted by atomic mass is 31.2. The second kappa shape index (κ2) is 6.93. The van der Waals surface area contributed by atoms with Crippen LogP contribution < -0.4 is 10.8 Å². The van der Waals surface area contributed by atoms with Crippen LogP contribution in [0.3, 0.4) is 0 Å². The Hall–Kier alpha value is -1.52. The van der Waals surface area contributed by atoms with Crippen LogP contribution in [0.15, 0.2) is 42.5 Å². The molecule has 0 amide bonds. The average molecular weight is 332 g/mol. The summed E-state index contributed by atoms with van der Waals surface area (Å²) in [5.41, 5.74) is 3.06. The van der Waals surface area contributed by atoms with E-state index in [2.05, 4.69) is 34.6 Å². The molecule has 0 aliphatic carbocycles. The van der Waals surface area contributed by atoms with Gasteiger partial charge in [-0.2, -0.15) is 0 Å². The predicted octanol–water partition coefficient (Wildman–Crippen LogP) is 1.92. The van der Waals surface area contributed by atoms with E-state index >= 15 is 0 Å². The van der Waals surface area contributed by atoms with Crippen molar-refractivity contribution in [3.8, 4) is 0 Å². The number of nitrogens with one attached hydrogen (secondary N) is 1. The summed E-state index contributed by atoms with van der Waals surface area (Å²) in [6.07, 6.45) is 3.87. The number of rotatable bonds is 5. The molecule has 0 saturated carbocycles. The van der Waals surface area contributed by atoms with Crippen LogP contribution in [0.25, 0.3) is 0 Å². The second-order valence-corrected chi connectivity index (χ2v) is 7.53. The summed E-state index contributed by atoms with van der Waals surface area (Å²) < 4.78 is 11.3. The van der Waals surface area contributed by atoms with Gasteiger partial charge in [-0.1, -0.05) is 36.4 Å². The van der Waals surface area contributed by atoms with E-state index in [0.717, 1.165) is 36.9 Å². The van der Waals surface area contributed by atoms with Gasteiger partial charge in [0, 0.05) is 24.7 Å². The molecule has 1 aromatic carbocycles. The molecule has 0 fully saturated rings. The van der Waals surface area contributed by atoms with Crippen molar-refractivity contribution in [1.29, 1.82) is 0 Å². The third kappa shape index (κ3) is 4.27. The zero-order chi connectivity index (χ0) is 16.3. The molecule has 1 aromatic heterocycles. The first-order valence-corrected chi connectivity index (χ1v) is 9.46. The summed E-state index contributed by atoms with van der Waals surface area (Å²) >= 11 is 0. The maximum atomic E-state index is 11.3. The summed E-state index contributed by atoms with van der Waals surface area (Å²) in [4.78, 5) is 22.7. The van der Waals surface area contributed by atoms with Gasteiger partial charge in [-0.3, -0.25) is 4.57 Å². The molecule has 1 aliphatic rings. The van der Waals surface area contributed by atoms with Gasteiger partial charge < -0.3 is 15.1 Å². The first-order chi connectivity index (χ1) is 11.0. The van der Waals surface area contributed by atoms with Gasteiger partial charge in [-0.15, -0.1) is 0 Å². The van der Waals surface area contributed by atoms with E-state index in [-0.39, 0.29) is 5.44 Å². The van der Waals surface area contributed by atoms with Crippen molar-refractivity contribution in [2.24, 2.45) is 0 Å². The predicted molar refractivity (Wildman–Crippen MR) is 89.6 cm³/mol. The fourth-order valence-electron chi connectivity index (χ4n) is 2.98. The van der Waals surface area contributed by atoms with Crippen LogP contribution >= 0.6 is 7.60 Å². The van der Waals surface area contributed by atoms with Gasteiger partial charge in [0.25, 0.3) is 0 Å². The van der Waals surface area contributed by atoms with Crippen molar-refractivity contribution in [1.82, 2.24) is 10.3 Å². The van der Waals surface area contributed by atoms with Crippen LogP contribution in [0, 0.1) is 0 Å². The Kier molecular flexibility index (Phi) is 4.93. The molecule has 0 radical (unpaired) electrons. The summed E-state index contributed by atoms with van der Waals surface area (Å²) in [5, 5.41) is 3.49. The maximum Gasteiger partial charge on any atom is 0.374 e. The number of aryl methyl sites for hydroxylation is 1. The quantitative estimate of drug-likeness (QED) is 0.729. The Labute approximate surface area is 135 Å². The number of nitrogens with zero attached hydrogens (tertiary/aromatic N) is 1. The van der Waals surface area contributed by atoms with E-state index in [1.54, 1.807) is 6.07 Å². The molecular weight excluding hydrogens is 311 g/mol. The lowest BCUT2D eigenvalue weighted by Gasteiger charge is -2.26. The van der Waals surface area contributed by atoms with Crippen molar-refractivity contribution in [3.63, 3.8) is 0 Å². The van der Waals surface area contributed by atoms with Gasteiger partial charge in [0.1, 0.15) is 0 Å². The Morgan fingerprint density at radius 3 is 2.70 bits per heavy atom. The minimum absolute atomic E-state index is 0.124. The number of hydrogen-bond donors (Lipinski definition) is 3. The van der Waals surface area contributed by atoms with Gasteiger partial charge in [-0.25, -0.2) is 4.98 Å². The van der Waals surface area contributed by atoms with Crippen LogP contribution in [-0.2, 0) is 24.0 Å². The SMILES string of the molecule is O=P(O)(O)c1ccc2c(n1)CC(CCCc1ccccc1)NC2. The lowest BCUT2D eigenvalue weighted by Crippen LogP contribution is -2.37. The molecule has 1 unspecified atom stereocenters. The van der Waals surface area contributed by atoms with Crippen molar-refractivity contribution in [3.05, 3.63) is 59.3 Å². The number of fused-ring (bicyclic) bond motifs is 1. The standard InChI is InChI=1S/C17H21N2O3P/c20-23(21,22)17-10-9-14-12-18-15(11-16(14)19-17)8-4-7-13-5-2-1-3-6-13/h1-3,5-6,9-10,15,18H,4,7-8,11-12H2,(H2,20,21,22). The van der Waals surface area contributed by atoms with Crippen LogP contribution in [0.4, 0.5) is 0 Å². The minimum atomic E-state index is -4.28. The summed E-state index contributed by atoms with van der Waals surface area (Å²) in [7, 11) is -4.28. The third-order valence-electron chi connectivity index (χ3n) is 4.23. The molecule has 2 aromatic rings. The third-order valence-corrected chi connectivity index (χ3v) is 5.08. The molecule has 1 aliphatic heterocycles. The molecule has 0 saturated heterocycles. The van der Waals surface area contributed by atoms with E-state index in [1.165, 1.54) is 11.6 Å². The average Bonchev–Trinajstić information content (AvgIpc) is 2.54. The molecule has 1 atom stereocenters. The van der Waals surface area contributed by atoms with Crippen LogP contribution in [0.1, 0.15) is 29.7 Å². The van der Waals surface area contributed by atoms with Gasteiger partial charge in [0.05, 0.1) is 0 Å². The molecule has 23 heavy (non-hydrogen) atoms. The van der Waals surface area contributed by atoms with Gasteiger partial charge in [0.15, 0.2) is 5.44 Å². The molecule has 3 N–H and O–H groups in total. The van der Waals surface area contributed by atoms with Gasteiger partial charge in [0.2, 0.25) is 0 Å². The molecule has 5 nitrogen and oxygen atoms in total. The lowest BCUT2D eigenvalue weighted by atomic mass is 9.96. The summed E-state index contributed by atoms with van der Waals surface area (Å²) in [5.74, 6) is 0. The van der Waals surface area contributed by atoms with Crippen LogP contribution in [0.5, 0.6) is 0 Å². The van der Waals surface area contributed by atoms with Crippen molar-refractivity contribution in [2.45, 2.75) is 38.3 Å². The highest BCUT2D eigenvalue weighted by Gasteiger charge is 2.24. The molecule has 6 heteroatoms. The van der Waals surface area contributed by atoms with E-state index < -0.39 is 7.60 Å².